The molecule has 0 saturated carbocycles. The Hall–Kier alpha value is -2.04. The first-order chi connectivity index (χ1) is 10.0. The molecule has 21 heavy (non-hydrogen) atoms. The van der Waals surface area contributed by atoms with Gasteiger partial charge in [0.15, 0.2) is 11.5 Å². The van der Waals surface area contributed by atoms with Crippen LogP contribution in [0.3, 0.4) is 0 Å². The Balaban J connectivity index is 1.80. The van der Waals surface area contributed by atoms with E-state index in [-0.39, 0.29) is 11.8 Å². The number of hydrogen-bond donors (Lipinski definition) is 1. The minimum absolute atomic E-state index is 0.204. The molecule has 112 valence electrons. The van der Waals surface area contributed by atoms with Crippen molar-refractivity contribution in [2.75, 3.05) is 18.0 Å². The van der Waals surface area contributed by atoms with Crippen LogP contribution in [0.15, 0.2) is 22.6 Å². The van der Waals surface area contributed by atoms with Crippen molar-refractivity contribution in [2.24, 2.45) is 5.92 Å². The van der Waals surface area contributed by atoms with E-state index in [1.165, 1.54) is 0 Å². The molecule has 1 saturated heterocycles. The molecule has 1 aliphatic rings. The zero-order valence-corrected chi connectivity index (χ0v) is 12.4. The Bertz CT molecular complexity index is 655. The van der Waals surface area contributed by atoms with Gasteiger partial charge in [-0.3, -0.25) is 4.79 Å². The van der Waals surface area contributed by atoms with E-state index in [2.05, 4.69) is 23.7 Å². The molecule has 0 amide bonds. The number of carbonyl (C=O) groups is 1. The molecule has 2 heterocycles. The van der Waals surface area contributed by atoms with Crippen LogP contribution in [0.4, 0.5) is 5.69 Å². The summed E-state index contributed by atoms with van der Waals surface area (Å²) in [6.45, 7) is 5.67. The van der Waals surface area contributed by atoms with Crippen LogP contribution in [0.2, 0.25) is 0 Å². The van der Waals surface area contributed by atoms with Crippen LogP contribution in [-0.4, -0.2) is 29.1 Å². The summed E-state index contributed by atoms with van der Waals surface area (Å²) in [6.07, 6.45) is 1.40. The van der Waals surface area contributed by atoms with Gasteiger partial charge < -0.3 is 14.4 Å². The van der Waals surface area contributed by atoms with Crippen LogP contribution < -0.4 is 4.90 Å². The van der Waals surface area contributed by atoms with Crippen molar-refractivity contribution in [1.82, 2.24) is 4.98 Å². The number of aliphatic carboxylic acids is 1. The largest absolute Gasteiger partial charge is 0.481 e. The molecule has 1 N–H and O–H groups in total. The van der Waals surface area contributed by atoms with Gasteiger partial charge in [-0.2, -0.15) is 0 Å². The zero-order chi connectivity index (χ0) is 15.0. The molecule has 0 aliphatic carbocycles. The highest BCUT2D eigenvalue weighted by molar-refractivity contribution is 5.78. The van der Waals surface area contributed by atoms with E-state index in [1.807, 2.05) is 18.2 Å². The molecule has 0 unspecified atom stereocenters. The Kier molecular flexibility index (Phi) is 3.57. The summed E-state index contributed by atoms with van der Waals surface area (Å²) in [6, 6.07) is 6.01. The number of carboxylic acid groups (broad SMARTS) is 1. The van der Waals surface area contributed by atoms with Crippen molar-refractivity contribution in [3.8, 4) is 0 Å². The maximum atomic E-state index is 11.0. The molecule has 0 bridgehead atoms. The zero-order valence-electron chi connectivity index (χ0n) is 12.4. The molecule has 1 aromatic carbocycles. The summed E-state index contributed by atoms with van der Waals surface area (Å²) < 4.78 is 5.71. The van der Waals surface area contributed by atoms with Crippen molar-refractivity contribution in [3.05, 3.63) is 24.1 Å². The lowest BCUT2D eigenvalue weighted by Crippen LogP contribution is -2.36. The highest BCUT2D eigenvalue weighted by Gasteiger charge is 2.24. The molecule has 0 radical (unpaired) electrons. The quantitative estimate of drug-likeness (QED) is 0.939. The summed E-state index contributed by atoms with van der Waals surface area (Å²) >= 11 is 0. The van der Waals surface area contributed by atoms with Gasteiger partial charge in [-0.1, -0.05) is 13.8 Å². The molecule has 1 aromatic heterocycles. The van der Waals surface area contributed by atoms with Crippen LogP contribution in [0.5, 0.6) is 0 Å². The van der Waals surface area contributed by atoms with Gasteiger partial charge in [0.2, 0.25) is 0 Å². The third-order valence-corrected chi connectivity index (χ3v) is 4.09. The molecule has 1 aliphatic heterocycles. The first-order valence-corrected chi connectivity index (χ1v) is 7.43. The number of carboxylic acids is 1. The van der Waals surface area contributed by atoms with E-state index >= 15 is 0 Å². The van der Waals surface area contributed by atoms with Gasteiger partial charge in [0.05, 0.1) is 5.92 Å². The first kappa shape index (κ1) is 13.9. The fourth-order valence-corrected chi connectivity index (χ4v) is 2.76. The lowest BCUT2D eigenvalue weighted by atomic mass is 9.97. The molecular formula is C16H20N2O3. The smallest absolute Gasteiger partial charge is 0.306 e. The lowest BCUT2D eigenvalue weighted by Gasteiger charge is -2.31. The summed E-state index contributed by atoms with van der Waals surface area (Å²) in [4.78, 5) is 17.7. The number of piperidine rings is 1. The van der Waals surface area contributed by atoms with E-state index < -0.39 is 5.97 Å². The average molecular weight is 288 g/mol. The maximum absolute atomic E-state index is 11.0. The number of fused-ring (bicyclic) bond motifs is 1. The molecule has 5 nitrogen and oxygen atoms in total. The predicted octanol–water partition coefficient (Wildman–Crippen LogP) is 3.25. The van der Waals surface area contributed by atoms with E-state index in [0.29, 0.717) is 12.8 Å². The van der Waals surface area contributed by atoms with E-state index in [9.17, 15) is 4.79 Å². The first-order valence-electron chi connectivity index (χ1n) is 7.43. The number of hydrogen-bond acceptors (Lipinski definition) is 4. The van der Waals surface area contributed by atoms with Gasteiger partial charge in [-0.25, -0.2) is 4.98 Å². The van der Waals surface area contributed by atoms with Crippen molar-refractivity contribution in [1.29, 1.82) is 0 Å². The molecular weight excluding hydrogens is 268 g/mol. The standard InChI is InChI=1S/C16H20N2O3/c1-10(2)15-17-13-9-12(3-4-14(13)21-15)18-7-5-11(6-8-18)16(19)20/h3-4,9-11H,5-8H2,1-2H3,(H,19,20). The highest BCUT2D eigenvalue weighted by atomic mass is 16.4. The van der Waals surface area contributed by atoms with Gasteiger partial charge in [0.25, 0.3) is 0 Å². The fraction of sp³-hybridized carbons (Fsp3) is 0.500. The average Bonchev–Trinajstić information content (AvgIpc) is 2.90. The SMILES string of the molecule is CC(C)c1nc2cc(N3CCC(C(=O)O)CC3)ccc2o1. The van der Waals surface area contributed by atoms with Crippen molar-refractivity contribution < 1.29 is 14.3 Å². The summed E-state index contributed by atoms with van der Waals surface area (Å²) in [5, 5.41) is 9.05. The number of aromatic nitrogens is 1. The second kappa shape index (κ2) is 5.39. The van der Waals surface area contributed by atoms with Gasteiger partial charge in [0.1, 0.15) is 5.52 Å². The van der Waals surface area contributed by atoms with E-state index in [0.717, 1.165) is 35.8 Å². The van der Waals surface area contributed by atoms with Crippen LogP contribution in [0.1, 0.15) is 38.5 Å². The second-order valence-corrected chi connectivity index (χ2v) is 5.96. The Morgan fingerprint density at radius 3 is 2.71 bits per heavy atom. The van der Waals surface area contributed by atoms with Gasteiger partial charge >= 0.3 is 5.97 Å². The van der Waals surface area contributed by atoms with Crippen LogP contribution in [0.25, 0.3) is 11.1 Å². The minimum Gasteiger partial charge on any atom is -0.481 e. The number of anilines is 1. The monoisotopic (exact) mass is 288 g/mol. The molecule has 3 rings (SSSR count). The maximum Gasteiger partial charge on any atom is 0.306 e. The number of nitrogens with zero attached hydrogens (tertiary/aromatic N) is 2. The molecule has 0 atom stereocenters. The fourth-order valence-electron chi connectivity index (χ4n) is 2.76. The third-order valence-electron chi connectivity index (χ3n) is 4.09. The van der Waals surface area contributed by atoms with Crippen molar-refractivity contribution in [2.45, 2.75) is 32.6 Å². The van der Waals surface area contributed by atoms with Crippen LogP contribution in [0, 0.1) is 5.92 Å². The summed E-state index contributed by atoms with van der Waals surface area (Å²) in [5.41, 5.74) is 2.77. The Morgan fingerprint density at radius 2 is 2.10 bits per heavy atom. The van der Waals surface area contributed by atoms with Crippen molar-refractivity contribution in [3.63, 3.8) is 0 Å². The minimum atomic E-state index is -0.678. The van der Waals surface area contributed by atoms with Gasteiger partial charge in [0, 0.05) is 24.7 Å². The molecule has 0 spiro atoms. The molecule has 1 fully saturated rings. The summed E-state index contributed by atoms with van der Waals surface area (Å²) in [5.74, 6) is 0.145. The van der Waals surface area contributed by atoms with Crippen molar-refractivity contribution >= 4 is 22.8 Å². The normalized spacial score (nSPS) is 16.8. The molecule has 2 aromatic rings. The van der Waals surface area contributed by atoms with Gasteiger partial charge in [-0.15, -0.1) is 0 Å². The van der Waals surface area contributed by atoms with Gasteiger partial charge in [-0.05, 0) is 31.0 Å². The number of oxazole rings is 1. The predicted molar refractivity (Wildman–Crippen MR) is 80.7 cm³/mol. The van der Waals surface area contributed by atoms with Crippen LogP contribution >= 0.6 is 0 Å². The topological polar surface area (TPSA) is 66.6 Å². The molecule has 5 heteroatoms. The van der Waals surface area contributed by atoms with Crippen LogP contribution in [-0.2, 0) is 4.79 Å². The Labute approximate surface area is 123 Å². The Morgan fingerprint density at radius 1 is 1.38 bits per heavy atom. The number of benzene rings is 1. The second-order valence-electron chi connectivity index (χ2n) is 5.96. The lowest BCUT2D eigenvalue weighted by molar-refractivity contribution is -0.142. The van der Waals surface area contributed by atoms with E-state index in [1.54, 1.807) is 0 Å². The highest BCUT2D eigenvalue weighted by Crippen LogP contribution is 2.28. The number of rotatable bonds is 3. The summed E-state index contributed by atoms with van der Waals surface area (Å²) in [7, 11) is 0. The third kappa shape index (κ3) is 2.73. The van der Waals surface area contributed by atoms with E-state index in [4.69, 9.17) is 9.52 Å².